The molecule has 2 saturated carbocycles. The lowest BCUT2D eigenvalue weighted by molar-refractivity contribution is -0.384. The zero-order valence-corrected chi connectivity index (χ0v) is 20.1. The first kappa shape index (κ1) is 22.7. The van der Waals surface area contributed by atoms with Gasteiger partial charge in [-0.1, -0.05) is 6.07 Å². The van der Waals surface area contributed by atoms with Crippen LogP contribution in [0.4, 0.5) is 10.5 Å². The Morgan fingerprint density at radius 1 is 1.16 bits per heavy atom. The molecule has 2 aromatic carbocycles. The van der Waals surface area contributed by atoms with Gasteiger partial charge >= 0.3 is 6.16 Å². The van der Waals surface area contributed by atoms with Gasteiger partial charge in [0.05, 0.1) is 15.9 Å². The van der Waals surface area contributed by atoms with Crippen molar-refractivity contribution in [3.05, 3.63) is 57.6 Å². The Morgan fingerprint density at radius 3 is 2.68 bits per heavy atom. The molecule has 3 fully saturated rings. The van der Waals surface area contributed by atoms with Gasteiger partial charge in [-0.2, -0.15) is 0 Å². The third-order valence-corrected chi connectivity index (χ3v) is 8.99. The van der Waals surface area contributed by atoms with E-state index in [1.807, 2.05) is 6.07 Å². The van der Waals surface area contributed by atoms with Crippen LogP contribution in [-0.4, -0.2) is 57.7 Å². The van der Waals surface area contributed by atoms with Gasteiger partial charge in [0.15, 0.2) is 23.4 Å². The van der Waals surface area contributed by atoms with Crippen LogP contribution in [0.3, 0.4) is 0 Å². The van der Waals surface area contributed by atoms with Gasteiger partial charge in [0.25, 0.3) is 5.69 Å². The summed E-state index contributed by atoms with van der Waals surface area (Å²) in [6.07, 6.45) is 2.49. The van der Waals surface area contributed by atoms with E-state index in [0.29, 0.717) is 30.9 Å². The summed E-state index contributed by atoms with van der Waals surface area (Å²) in [7, 11) is 0. The van der Waals surface area contributed by atoms with Gasteiger partial charge in [-0.3, -0.25) is 19.8 Å². The molecule has 2 bridgehead atoms. The lowest BCUT2D eigenvalue weighted by Crippen LogP contribution is -2.76. The highest BCUT2D eigenvalue weighted by Crippen LogP contribution is 2.65. The summed E-state index contributed by atoms with van der Waals surface area (Å²) in [5.41, 5.74) is -0.293. The molecule has 4 atom stereocenters. The maximum Gasteiger partial charge on any atom is 0.519 e. The van der Waals surface area contributed by atoms with E-state index < -0.39 is 28.2 Å². The standard InChI is InChI=1S/C27H26N2O8/c30-19-9-10-27(32)21-13-16-3-8-20(36-25(31)35-18-6-4-17(5-7-18)29(33)34)23-22(16)26(27,24(19)37-23)11-12-28(21)14-15-1-2-15/h3-8,15,21,24,32H,1-2,9-14H2/t21?,24?,26-,27+/m0/s1. The molecule has 1 spiro atoms. The number of aliphatic hydroxyl groups is 1. The number of nitro benzene ring substituents is 1. The topological polar surface area (TPSA) is 128 Å². The van der Waals surface area contributed by atoms with E-state index in [1.165, 1.54) is 37.1 Å². The van der Waals surface area contributed by atoms with Gasteiger partial charge in [0.1, 0.15) is 5.75 Å². The maximum absolute atomic E-state index is 13.2. The molecule has 5 aliphatic rings. The minimum atomic E-state index is -1.10. The van der Waals surface area contributed by atoms with Crippen molar-refractivity contribution < 1.29 is 33.8 Å². The molecule has 1 saturated heterocycles. The van der Waals surface area contributed by atoms with Gasteiger partial charge in [-0.05, 0) is 68.3 Å². The number of rotatable bonds is 5. The van der Waals surface area contributed by atoms with E-state index in [-0.39, 0.29) is 35.4 Å². The van der Waals surface area contributed by atoms with Gasteiger partial charge in [-0.25, -0.2) is 4.79 Å². The Morgan fingerprint density at radius 2 is 1.95 bits per heavy atom. The Kier molecular flexibility index (Phi) is 4.75. The largest absolute Gasteiger partial charge is 0.519 e. The average molecular weight is 507 g/mol. The summed E-state index contributed by atoms with van der Waals surface area (Å²) >= 11 is 0. The predicted molar refractivity (Wildman–Crippen MR) is 128 cm³/mol. The molecule has 2 aromatic rings. The quantitative estimate of drug-likeness (QED) is 0.281. The highest BCUT2D eigenvalue weighted by Gasteiger charge is 2.73. The van der Waals surface area contributed by atoms with Crippen LogP contribution in [0.2, 0.25) is 0 Å². The first-order valence-electron chi connectivity index (χ1n) is 12.8. The molecular weight excluding hydrogens is 480 g/mol. The van der Waals surface area contributed by atoms with E-state index in [2.05, 4.69) is 4.90 Å². The van der Waals surface area contributed by atoms with E-state index in [0.717, 1.165) is 24.2 Å². The Bertz CT molecular complexity index is 1340. The van der Waals surface area contributed by atoms with Gasteiger partial charge in [0, 0.05) is 36.7 Å². The van der Waals surface area contributed by atoms with Crippen molar-refractivity contribution in [2.24, 2.45) is 5.92 Å². The molecule has 10 heteroatoms. The summed E-state index contributed by atoms with van der Waals surface area (Å²) in [5, 5.41) is 23.2. The smallest absolute Gasteiger partial charge is 0.477 e. The van der Waals surface area contributed by atoms with E-state index in [9.17, 15) is 24.8 Å². The van der Waals surface area contributed by atoms with Crippen LogP contribution in [0.15, 0.2) is 36.4 Å². The van der Waals surface area contributed by atoms with Crippen LogP contribution in [0.25, 0.3) is 0 Å². The fourth-order valence-electron chi connectivity index (χ4n) is 7.18. The van der Waals surface area contributed by atoms with Crippen LogP contribution in [-0.2, 0) is 16.6 Å². The second kappa shape index (κ2) is 7.75. The van der Waals surface area contributed by atoms with Crippen molar-refractivity contribution in [2.45, 2.75) is 61.7 Å². The minimum Gasteiger partial charge on any atom is -0.477 e. The number of hydrogen-bond donors (Lipinski definition) is 1. The molecular formula is C27H26N2O8. The molecule has 7 rings (SSSR count). The zero-order valence-electron chi connectivity index (χ0n) is 20.1. The second-order valence-electron chi connectivity index (χ2n) is 10.9. The number of ketones is 1. The summed E-state index contributed by atoms with van der Waals surface area (Å²) in [4.78, 5) is 38.5. The van der Waals surface area contributed by atoms with Crippen molar-refractivity contribution in [1.82, 2.24) is 4.90 Å². The summed E-state index contributed by atoms with van der Waals surface area (Å²) in [6.45, 7) is 1.75. The van der Waals surface area contributed by atoms with Crippen molar-refractivity contribution in [3.8, 4) is 17.2 Å². The molecule has 192 valence electrons. The van der Waals surface area contributed by atoms with Crippen LogP contribution >= 0.6 is 0 Å². The number of carbonyl (C=O) groups is 2. The van der Waals surface area contributed by atoms with Gasteiger partial charge in [0.2, 0.25) is 0 Å². The van der Waals surface area contributed by atoms with Crippen molar-refractivity contribution >= 4 is 17.6 Å². The zero-order chi connectivity index (χ0) is 25.5. The molecule has 3 aliphatic carbocycles. The number of nitrogens with zero attached hydrogens (tertiary/aromatic N) is 2. The van der Waals surface area contributed by atoms with Crippen molar-refractivity contribution in [3.63, 3.8) is 0 Å². The number of non-ortho nitro benzene ring substituents is 1. The Balaban J connectivity index is 1.22. The third-order valence-electron chi connectivity index (χ3n) is 8.99. The average Bonchev–Trinajstić information content (AvgIpc) is 3.61. The van der Waals surface area contributed by atoms with Crippen molar-refractivity contribution in [1.29, 1.82) is 0 Å². The molecule has 0 radical (unpaired) electrons. The fourth-order valence-corrected chi connectivity index (χ4v) is 7.18. The fraction of sp³-hybridized carbons (Fsp3) is 0.481. The lowest BCUT2D eigenvalue weighted by atomic mass is 9.49. The van der Waals surface area contributed by atoms with Crippen LogP contribution in [0.5, 0.6) is 17.2 Å². The Hall–Kier alpha value is -3.50. The van der Waals surface area contributed by atoms with Crippen LogP contribution in [0, 0.1) is 16.0 Å². The molecule has 10 nitrogen and oxygen atoms in total. The SMILES string of the molecule is O=C(Oc1ccc([N+](=O)[O-])cc1)Oc1ccc2c3c1OC1C(=O)CC[C@@]4(O)C(C2)N(CC2CC2)CC[C@]314. The first-order chi connectivity index (χ1) is 17.8. The number of ether oxygens (including phenoxy) is 3. The molecule has 2 unspecified atom stereocenters. The molecule has 2 aliphatic heterocycles. The highest BCUT2D eigenvalue weighted by atomic mass is 16.7. The van der Waals surface area contributed by atoms with Gasteiger partial charge < -0.3 is 19.3 Å². The summed E-state index contributed by atoms with van der Waals surface area (Å²) in [5.74, 6) is 1.19. The molecule has 0 amide bonds. The predicted octanol–water partition coefficient (Wildman–Crippen LogP) is 3.31. The van der Waals surface area contributed by atoms with Crippen molar-refractivity contribution in [2.75, 3.05) is 13.1 Å². The summed E-state index contributed by atoms with van der Waals surface area (Å²) < 4.78 is 17.0. The molecule has 0 aromatic heterocycles. The minimum absolute atomic E-state index is 0.0393. The highest BCUT2D eigenvalue weighted by molar-refractivity contribution is 5.90. The first-order valence-corrected chi connectivity index (χ1v) is 12.8. The van der Waals surface area contributed by atoms with E-state index in [4.69, 9.17) is 14.2 Å². The number of nitro groups is 1. The number of piperidine rings is 1. The maximum atomic E-state index is 13.2. The third kappa shape index (κ3) is 3.18. The normalized spacial score (nSPS) is 31.3. The van der Waals surface area contributed by atoms with Crippen LogP contribution < -0.4 is 14.2 Å². The Labute approximate surface area is 212 Å². The van der Waals surface area contributed by atoms with E-state index >= 15 is 0 Å². The monoisotopic (exact) mass is 506 g/mol. The molecule has 2 heterocycles. The number of benzene rings is 2. The number of Topliss-reactive ketones (excluding diaryl/α,β-unsaturated/α-hetero) is 1. The number of likely N-dealkylation sites (tertiary alicyclic amines) is 1. The molecule has 1 N–H and O–H groups in total. The summed E-state index contributed by atoms with van der Waals surface area (Å²) in [6, 6.07) is 8.53. The van der Waals surface area contributed by atoms with E-state index in [1.54, 1.807) is 6.07 Å². The molecule has 37 heavy (non-hydrogen) atoms. The van der Waals surface area contributed by atoms with Crippen LogP contribution in [0.1, 0.15) is 43.2 Å². The lowest BCUT2D eigenvalue weighted by Gasteiger charge is -2.62. The van der Waals surface area contributed by atoms with Gasteiger partial charge in [-0.15, -0.1) is 0 Å². The number of carbonyl (C=O) groups excluding carboxylic acids is 2. The second-order valence-corrected chi connectivity index (χ2v) is 10.9. The number of hydrogen-bond acceptors (Lipinski definition) is 9.